The van der Waals surface area contributed by atoms with E-state index >= 15 is 0 Å². The van der Waals surface area contributed by atoms with Gasteiger partial charge in [0.2, 0.25) is 0 Å². The number of aromatic nitrogens is 6. The van der Waals surface area contributed by atoms with Gasteiger partial charge in [0.1, 0.15) is 22.2 Å². The minimum Gasteiger partial charge on any atom is -0.264 e. The Bertz CT molecular complexity index is 1740. The second-order valence-electron chi connectivity index (χ2n) is 8.80. The van der Waals surface area contributed by atoms with Gasteiger partial charge in [0.15, 0.2) is 0 Å². The molecule has 0 spiro atoms. The maximum atomic E-state index is 9.25. The summed E-state index contributed by atoms with van der Waals surface area (Å²) >= 11 is 3.11. The van der Waals surface area contributed by atoms with Crippen LogP contribution in [0.1, 0.15) is 36.4 Å². The van der Waals surface area contributed by atoms with Crippen molar-refractivity contribution in [3.05, 3.63) is 108 Å². The summed E-state index contributed by atoms with van der Waals surface area (Å²) in [6.07, 6.45) is 12.1. The number of nitriles is 2. The third-order valence-corrected chi connectivity index (χ3v) is 8.47. The minimum absolute atomic E-state index is 0.577. The van der Waals surface area contributed by atoms with Crippen LogP contribution in [-0.2, 0) is 12.8 Å². The Morgan fingerprint density at radius 3 is 1.40 bits per heavy atom. The minimum atomic E-state index is 0.577. The van der Waals surface area contributed by atoms with E-state index in [1.165, 1.54) is 0 Å². The third kappa shape index (κ3) is 6.11. The molecule has 0 aliphatic carbocycles. The Morgan fingerprint density at radius 1 is 0.619 bits per heavy atom. The monoisotopic (exact) mass is 584 g/mol. The molecule has 0 N–H and O–H groups in total. The molecule has 0 aromatic carbocycles. The highest BCUT2D eigenvalue weighted by atomic mass is 32.1. The van der Waals surface area contributed by atoms with Crippen molar-refractivity contribution in [1.82, 2.24) is 29.9 Å². The highest BCUT2D eigenvalue weighted by Gasteiger charge is 2.18. The first-order chi connectivity index (χ1) is 20.7. The van der Waals surface area contributed by atoms with E-state index in [2.05, 4.69) is 55.9 Å². The van der Waals surface area contributed by atoms with Crippen molar-refractivity contribution in [3.8, 4) is 54.4 Å². The molecule has 0 amide bonds. The third-order valence-electron chi connectivity index (χ3n) is 6.17. The van der Waals surface area contributed by atoms with Gasteiger partial charge in [-0.3, -0.25) is 19.9 Å². The van der Waals surface area contributed by atoms with E-state index in [-0.39, 0.29) is 0 Å². The average molecular weight is 585 g/mol. The molecule has 8 nitrogen and oxygen atoms in total. The van der Waals surface area contributed by atoms with Crippen LogP contribution >= 0.6 is 22.7 Å². The quantitative estimate of drug-likeness (QED) is 0.198. The fourth-order valence-corrected chi connectivity index (χ4v) is 6.44. The van der Waals surface area contributed by atoms with E-state index in [0.717, 1.165) is 55.1 Å². The smallest absolute Gasteiger partial charge is 0.125 e. The molecule has 204 valence electrons. The Labute approximate surface area is 251 Å². The van der Waals surface area contributed by atoms with Gasteiger partial charge >= 0.3 is 0 Å². The van der Waals surface area contributed by atoms with Crippen LogP contribution in [0.5, 0.6) is 0 Å². The lowest BCUT2D eigenvalue weighted by molar-refractivity contribution is 1.06. The average Bonchev–Trinajstić information content (AvgIpc) is 3.71. The molecule has 0 atom stereocenters. The molecule has 6 heterocycles. The molecule has 6 aromatic heterocycles. The Hall–Kier alpha value is -5.16. The van der Waals surface area contributed by atoms with Crippen LogP contribution in [0.3, 0.4) is 0 Å². The molecule has 10 heteroatoms. The highest BCUT2D eigenvalue weighted by molar-refractivity contribution is 7.18. The van der Waals surface area contributed by atoms with Crippen molar-refractivity contribution in [1.29, 1.82) is 10.5 Å². The summed E-state index contributed by atoms with van der Waals surface area (Å²) in [7, 11) is 0. The van der Waals surface area contributed by atoms with E-state index in [9.17, 15) is 10.5 Å². The summed E-state index contributed by atoms with van der Waals surface area (Å²) < 4.78 is 0. The number of thiazole rings is 2. The Balaban J connectivity index is 0.000000168. The first kappa shape index (κ1) is 28.4. The predicted octanol–water partition coefficient (Wildman–Crippen LogP) is 7.40. The largest absolute Gasteiger partial charge is 0.264 e. The van der Waals surface area contributed by atoms with Crippen LogP contribution < -0.4 is 0 Å². The standard InChI is InChI=1S/2C16H12N4S/c2*1-2-13-15(14-11(9-17)5-4-8-19-14)21-16(20-13)12-6-3-7-18-10-12/h2*3-8,10H,2H2,1H3. The van der Waals surface area contributed by atoms with Crippen molar-refractivity contribution in [2.45, 2.75) is 26.7 Å². The maximum absolute atomic E-state index is 9.25. The summed E-state index contributed by atoms with van der Waals surface area (Å²) in [6.45, 7) is 4.11. The Morgan fingerprint density at radius 2 is 1.05 bits per heavy atom. The fourth-order valence-electron chi connectivity index (χ4n) is 4.13. The molecule has 0 unspecified atom stereocenters. The summed E-state index contributed by atoms with van der Waals surface area (Å²) in [5, 5.41) is 20.3. The molecule has 0 aliphatic rings. The number of hydrogen-bond donors (Lipinski definition) is 0. The van der Waals surface area contributed by atoms with Crippen molar-refractivity contribution in [3.63, 3.8) is 0 Å². The van der Waals surface area contributed by atoms with Gasteiger partial charge in [-0.1, -0.05) is 13.8 Å². The zero-order valence-corrected chi connectivity index (χ0v) is 24.5. The van der Waals surface area contributed by atoms with Gasteiger partial charge in [-0.25, -0.2) is 9.97 Å². The first-order valence-electron chi connectivity index (χ1n) is 13.2. The van der Waals surface area contributed by atoms with Crippen LogP contribution in [0.15, 0.2) is 85.7 Å². The SMILES string of the molecule is CCc1nc(-c2cccnc2)sc1-c1ncccc1C#N.CCc1nc(-c2cccnc2)sc1-c1ncccc1C#N. The number of rotatable bonds is 6. The number of pyridine rings is 4. The zero-order chi connectivity index (χ0) is 29.3. The number of nitrogens with zero attached hydrogens (tertiary/aromatic N) is 8. The van der Waals surface area contributed by atoms with Crippen LogP contribution in [0.4, 0.5) is 0 Å². The summed E-state index contributed by atoms with van der Waals surface area (Å²) in [6, 6.07) is 19.3. The molecule has 0 bridgehead atoms. The van der Waals surface area contributed by atoms with Crippen LogP contribution in [0.25, 0.3) is 42.3 Å². The molecular formula is C32H24N8S2. The fraction of sp³-hybridized carbons (Fsp3) is 0.125. The highest BCUT2D eigenvalue weighted by Crippen LogP contribution is 2.37. The van der Waals surface area contributed by atoms with Gasteiger partial charge in [0.05, 0.1) is 43.7 Å². The molecular weight excluding hydrogens is 561 g/mol. The van der Waals surface area contributed by atoms with Gasteiger partial charge in [-0.05, 0) is 61.4 Å². The van der Waals surface area contributed by atoms with Crippen LogP contribution in [-0.4, -0.2) is 29.9 Å². The van der Waals surface area contributed by atoms with E-state index in [0.29, 0.717) is 22.5 Å². The molecule has 42 heavy (non-hydrogen) atoms. The molecule has 6 rings (SSSR count). The van der Waals surface area contributed by atoms with Crippen molar-refractivity contribution < 1.29 is 0 Å². The lowest BCUT2D eigenvalue weighted by Gasteiger charge is -2.00. The van der Waals surface area contributed by atoms with Crippen molar-refractivity contribution in [2.75, 3.05) is 0 Å². The molecule has 0 radical (unpaired) electrons. The van der Waals surface area contributed by atoms with Crippen LogP contribution in [0, 0.1) is 22.7 Å². The lowest BCUT2D eigenvalue weighted by Crippen LogP contribution is -1.90. The van der Waals surface area contributed by atoms with Crippen molar-refractivity contribution >= 4 is 22.7 Å². The van der Waals surface area contributed by atoms with Gasteiger partial charge in [-0.2, -0.15) is 10.5 Å². The summed E-state index contributed by atoms with van der Waals surface area (Å²) in [5.74, 6) is 0. The predicted molar refractivity (Wildman–Crippen MR) is 165 cm³/mol. The van der Waals surface area contributed by atoms with Crippen molar-refractivity contribution in [2.24, 2.45) is 0 Å². The van der Waals surface area contributed by atoms with Gasteiger partial charge in [0.25, 0.3) is 0 Å². The van der Waals surface area contributed by atoms with Gasteiger partial charge in [0, 0.05) is 48.3 Å². The molecule has 6 aromatic rings. The molecule has 0 aliphatic heterocycles. The lowest BCUT2D eigenvalue weighted by atomic mass is 10.1. The molecule has 0 fully saturated rings. The normalized spacial score (nSPS) is 10.3. The first-order valence-corrected chi connectivity index (χ1v) is 14.8. The van der Waals surface area contributed by atoms with E-state index in [1.807, 2.05) is 24.3 Å². The maximum Gasteiger partial charge on any atom is 0.125 e. The van der Waals surface area contributed by atoms with E-state index < -0.39 is 0 Å². The Kier molecular flexibility index (Phi) is 9.10. The van der Waals surface area contributed by atoms with Crippen LogP contribution in [0.2, 0.25) is 0 Å². The summed E-state index contributed by atoms with van der Waals surface area (Å²) in [5.41, 5.74) is 6.48. The number of hydrogen-bond acceptors (Lipinski definition) is 10. The summed E-state index contributed by atoms with van der Waals surface area (Å²) in [4.78, 5) is 28.3. The zero-order valence-electron chi connectivity index (χ0n) is 22.9. The second-order valence-corrected chi connectivity index (χ2v) is 10.8. The second kappa shape index (κ2) is 13.5. The van der Waals surface area contributed by atoms with E-state index in [1.54, 1.807) is 84.1 Å². The van der Waals surface area contributed by atoms with Gasteiger partial charge in [-0.15, -0.1) is 22.7 Å². The molecule has 0 saturated heterocycles. The topological polar surface area (TPSA) is 125 Å². The van der Waals surface area contributed by atoms with Gasteiger partial charge < -0.3 is 0 Å². The van der Waals surface area contributed by atoms with E-state index in [4.69, 9.17) is 0 Å². The molecule has 0 saturated carbocycles. The number of aryl methyl sites for hydroxylation is 2.